The minimum absolute atomic E-state index is 0.433. The molecule has 0 aliphatic heterocycles. The highest BCUT2D eigenvalue weighted by Gasteiger charge is 2.14. The molecule has 0 heterocycles. The van der Waals surface area contributed by atoms with Gasteiger partial charge in [0.05, 0.1) is 7.11 Å². The summed E-state index contributed by atoms with van der Waals surface area (Å²) in [6, 6.07) is 8.26. The van der Waals surface area contributed by atoms with E-state index in [1.165, 1.54) is 12.7 Å². The average molecular weight is 251 g/mol. The third-order valence-electron chi connectivity index (χ3n) is 2.87. The second-order valence-electron chi connectivity index (χ2n) is 4.49. The van der Waals surface area contributed by atoms with Gasteiger partial charge in [-0.25, -0.2) is 4.79 Å². The van der Waals surface area contributed by atoms with Crippen molar-refractivity contribution >= 4 is 11.7 Å². The Bertz CT molecular complexity index is 373. The summed E-state index contributed by atoms with van der Waals surface area (Å²) in [6.07, 6.45) is 1.04. The van der Waals surface area contributed by atoms with Crippen LogP contribution in [0.5, 0.6) is 0 Å². The molecule has 0 spiro atoms. The van der Waals surface area contributed by atoms with Gasteiger partial charge in [-0.1, -0.05) is 12.1 Å². The zero-order chi connectivity index (χ0) is 13.5. The molecule has 1 unspecified atom stereocenters. The molecule has 0 saturated carbocycles. The molecule has 1 N–H and O–H groups in total. The second-order valence-corrected chi connectivity index (χ2v) is 4.49. The van der Waals surface area contributed by atoms with Crippen LogP contribution in [0.3, 0.4) is 0 Å². The number of hydrogen-bond acceptors (Lipinski definition) is 4. The first-order valence-corrected chi connectivity index (χ1v) is 6.06. The van der Waals surface area contributed by atoms with Gasteiger partial charge in [-0.3, -0.25) is 0 Å². The molecule has 4 nitrogen and oxygen atoms in total. The van der Waals surface area contributed by atoms with E-state index in [0.29, 0.717) is 6.42 Å². The van der Waals surface area contributed by atoms with E-state index in [2.05, 4.69) is 29.0 Å². The molecule has 1 atom stereocenters. The van der Waals surface area contributed by atoms with Gasteiger partial charge in [0.2, 0.25) is 0 Å². The van der Waals surface area contributed by atoms with E-state index in [1.54, 1.807) is 0 Å². The Hall–Kier alpha value is -1.55. The standard InChI is InChI=1S/C14H21NO3/c1-15(2)12-9-7-11(8-10-12)5-4-6-13(16)14(17)18-3/h7-10,13,16H,4-6H2,1-3H3. The molecule has 1 rings (SSSR count). The van der Waals surface area contributed by atoms with Crippen LogP contribution in [0, 0.1) is 0 Å². The maximum absolute atomic E-state index is 11.0. The van der Waals surface area contributed by atoms with Crippen LogP contribution in [0.15, 0.2) is 24.3 Å². The van der Waals surface area contributed by atoms with E-state index < -0.39 is 12.1 Å². The second kappa shape index (κ2) is 7.01. The van der Waals surface area contributed by atoms with Crippen LogP contribution < -0.4 is 4.90 Å². The first-order valence-electron chi connectivity index (χ1n) is 6.06. The Labute approximate surface area is 108 Å². The van der Waals surface area contributed by atoms with Gasteiger partial charge in [0.1, 0.15) is 0 Å². The van der Waals surface area contributed by atoms with Crippen LogP contribution in [0.4, 0.5) is 5.69 Å². The molecular weight excluding hydrogens is 230 g/mol. The van der Waals surface area contributed by atoms with Gasteiger partial charge in [0, 0.05) is 19.8 Å². The number of aliphatic hydroxyl groups excluding tert-OH is 1. The number of benzene rings is 1. The number of aryl methyl sites for hydroxylation is 1. The molecule has 0 saturated heterocycles. The highest BCUT2D eigenvalue weighted by atomic mass is 16.5. The fourth-order valence-corrected chi connectivity index (χ4v) is 1.71. The van der Waals surface area contributed by atoms with Crippen molar-refractivity contribution in [3.8, 4) is 0 Å². The summed E-state index contributed by atoms with van der Waals surface area (Å²) in [5.74, 6) is -0.557. The number of carbonyl (C=O) groups excluding carboxylic acids is 1. The van der Waals surface area contributed by atoms with Crippen molar-refractivity contribution in [3.63, 3.8) is 0 Å². The lowest BCUT2D eigenvalue weighted by molar-refractivity contribution is -0.150. The Morgan fingerprint density at radius 2 is 1.94 bits per heavy atom. The van der Waals surface area contributed by atoms with E-state index in [9.17, 15) is 9.90 Å². The predicted molar refractivity (Wildman–Crippen MR) is 71.7 cm³/mol. The number of ether oxygens (including phenoxy) is 1. The maximum atomic E-state index is 11.0. The van der Waals surface area contributed by atoms with Crippen molar-refractivity contribution in [2.45, 2.75) is 25.4 Å². The van der Waals surface area contributed by atoms with Crippen molar-refractivity contribution in [3.05, 3.63) is 29.8 Å². The topological polar surface area (TPSA) is 49.8 Å². The fourth-order valence-electron chi connectivity index (χ4n) is 1.71. The maximum Gasteiger partial charge on any atom is 0.334 e. The van der Waals surface area contributed by atoms with E-state index in [-0.39, 0.29) is 0 Å². The highest BCUT2D eigenvalue weighted by molar-refractivity contribution is 5.74. The molecule has 100 valence electrons. The number of rotatable bonds is 6. The van der Waals surface area contributed by atoms with Crippen molar-refractivity contribution < 1.29 is 14.6 Å². The summed E-state index contributed by atoms with van der Waals surface area (Å²) < 4.78 is 4.46. The van der Waals surface area contributed by atoms with Crippen molar-refractivity contribution in [1.29, 1.82) is 0 Å². The molecule has 0 fully saturated rings. The molecule has 18 heavy (non-hydrogen) atoms. The van der Waals surface area contributed by atoms with Gasteiger partial charge in [0.15, 0.2) is 6.10 Å². The van der Waals surface area contributed by atoms with Crippen molar-refractivity contribution in [2.75, 3.05) is 26.1 Å². The third kappa shape index (κ3) is 4.37. The quantitative estimate of drug-likeness (QED) is 0.780. The smallest absolute Gasteiger partial charge is 0.334 e. The lowest BCUT2D eigenvalue weighted by Crippen LogP contribution is -2.21. The van der Waals surface area contributed by atoms with E-state index in [4.69, 9.17) is 0 Å². The third-order valence-corrected chi connectivity index (χ3v) is 2.87. The van der Waals surface area contributed by atoms with Gasteiger partial charge in [-0.15, -0.1) is 0 Å². The lowest BCUT2D eigenvalue weighted by atomic mass is 10.1. The largest absolute Gasteiger partial charge is 0.467 e. The number of nitrogens with zero attached hydrogens (tertiary/aromatic N) is 1. The van der Waals surface area contributed by atoms with E-state index in [1.807, 2.05) is 19.0 Å². The molecule has 1 aromatic rings. The summed E-state index contributed by atoms with van der Waals surface area (Å²) in [7, 11) is 5.29. The summed E-state index contributed by atoms with van der Waals surface area (Å²) in [5, 5.41) is 9.43. The number of methoxy groups -OCH3 is 1. The molecule has 0 aliphatic rings. The normalized spacial score (nSPS) is 12.0. The summed E-state index contributed by atoms with van der Waals surface area (Å²) in [5.41, 5.74) is 2.37. The van der Waals surface area contributed by atoms with Crippen LogP contribution in [0.2, 0.25) is 0 Å². The van der Waals surface area contributed by atoms with Crippen molar-refractivity contribution in [2.24, 2.45) is 0 Å². The lowest BCUT2D eigenvalue weighted by Gasteiger charge is -2.13. The first kappa shape index (κ1) is 14.5. The van der Waals surface area contributed by atoms with E-state index >= 15 is 0 Å². The fraction of sp³-hybridized carbons (Fsp3) is 0.500. The van der Waals surface area contributed by atoms with Gasteiger partial charge in [-0.2, -0.15) is 0 Å². The summed E-state index contributed by atoms with van der Waals surface area (Å²) in [6.45, 7) is 0. The molecule has 0 aromatic heterocycles. The van der Waals surface area contributed by atoms with Crippen LogP contribution in [0.25, 0.3) is 0 Å². The van der Waals surface area contributed by atoms with Crippen LogP contribution in [-0.4, -0.2) is 38.4 Å². The monoisotopic (exact) mass is 251 g/mol. The summed E-state index contributed by atoms with van der Waals surface area (Å²) >= 11 is 0. The number of esters is 1. The van der Waals surface area contributed by atoms with Gasteiger partial charge in [0.25, 0.3) is 0 Å². The molecule has 4 heteroatoms. The molecule has 0 bridgehead atoms. The number of hydrogen-bond donors (Lipinski definition) is 1. The van der Waals surface area contributed by atoms with Crippen LogP contribution >= 0.6 is 0 Å². The minimum atomic E-state index is -1.00. The minimum Gasteiger partial charge on any atom is -0.467 e. The number of aliphatic hydroxyl groups is 1. The molecule has 1 aromatic carbocycles. The molecule has 0 radical (unpaired) electrons. The Balaban J connectivity index is 2.38. The number of carbonyl (C=O) groups is 1. The first-order chi connectivity index (χ1) is 8.54. The Kier molecular flexibility index (Phi) is 5.65. The predicted octanol–water partition coefficient (Wildman–Crippen LogP) is 1.61. The number of anilines is 1. The average Bonchev–Trinajstić information content (AvgIpc) is 2.38. The zero-order valence-corrected chi connectivity index (χ0v) is 11.2. The van der Waals surface area contributed by atoms with E-state index in [0.717, 1.165) is 18.5 Å². The van der Waals surface area contributed by atoms with Gasteiger partial charge < -0.3 is 14.7 Å². The Morgan fingerprint density at radius 1 is 1.33 bits per heavy atom. The van der Waals surface area contributed by atoms with Crippen LogP contribution in [-0.2, 0) is 16.0 Å². The SMILES string of the molecule is COC(=O)C(O)CCCc1ccc(N(C)C)cc1. The zero-order valence-electron chi connectivity index (χ0n) is 11.2. The molecule has 0 amide bonds. The highest BCUT2D eigenvalue weighted by Crippen LogP contribution is 2.14. The Morgan fingerprint density at radius 3 is 2.44 bits per heavy atom. The summed E-state index contributed by atoms with van der Waals surface area (Å²) in [4.78, 5) is 13.0. The molecular formula is C14H21NO3. The van der Waals surface area contributed by atoms with Gasteiger partial charge in [-0.05, 0) is 37.0 Å². The molecule has 0 aliphatic carbocycles. The van der Waals surface area contributed by atoms with Crippen molar-refractivity contribution in [1.82, 2.24) is 0 Å². The van der Waals surface area contributed by atoms with Gasteiger partial charge >= 0.3 is 5.97 Å². The van der Waals surface area contributed by atoms with Crippen LogP contribution in [0.1, 0.15) is 18.4 Å².